The quantitative estimate of drug-likeness (QED) is 0.575. The highest BCUT2D eigenvalue weighted by Crippen LogP contribution is 2.28. The minimum atomic E-state index is -0.176. The van der Waals surface area contributed by atoms with Gasteiger partial charge in [0.15, 0.2) is 5.16 Å². The molecule has 1 saturated carbocycles. The first kappa shape index (κ1) is 22.3. The number of thioether (sulfide) groups is 1. The lowest BCUT2D eigenvalue weighted by Gasteiger charge is -2.32. The molecule has 1 aliphatic heterocycles. The summed E-state index contributed by atoms with van der Waals surface area (Å²) in [7, 11) is 1.98. The number of rotatable bonds is 8. The predicted octanol–water partition coefficient (Wildman–Crippen LogP) is 4.19. The molecule has 1 amide bonds. The largest absolute Gasteiger partial charge is 0.342 e. The minimum absolute atomic E-state index is 0.176. The molecule has 0 bridgehead atoms. The van der Waals surface area contributed by atoms with E-state index in [4.69, 9.17) is 0 Å². The number of benzene rings is 1. The van der Waals surface area contributed by atoms with Crippen LogP contribution in [0.25, 0.3) is 0 Å². The second-order valence-corrected chi connectivity index (χ2v) is 10.3. The van der Waals surface area contributed by atoms with Crippen LogP contribution in [-0.4, -0.2) is 61.9 Å². The van der Waals surface area contributed by atoms with Gasteiger partial charge in [0.25, 0.3) is 0 Å². The van der Waals surface area contributed by atoms with Crippen LogP contribution in [-0.2, 0) is 17.9 Å². The summed E-state index contributed by atoms with van der Waals surface area (Å²) in [6.45, 7) is 5.82. The molecule has 0 N–H and O–H groups in total. The van der Waals surface area contributed by atoms with Gasteiger partial charge in [-0.25, -0.2) is 0 Å². The van der Waals surface area contributed by atoms with Crippen molar-refractivity contribution >= 4 is 17.7 Å². The fraction of sp³-hybridized carbons (Fsp3) is 0.625. The molecular weight excluding hydrogens is 406 g/mol. The van der Waals surface area contributed by atoms with E-state index in [0.29, 0.717) is 6.04 Å². The van der Waals surface area contributed by atoms with Crippen LogP contribution in [0, 0.1) is 0 Å². The van der Waals surface area contributed by atoms with Gasteiger partial charge in [0, 0.05) is 13.1 Å². The first-order valence-corrected chi connectivity index (χ1v) is 12.6. The summed E-state index contributed by atoms with van der Waals surface area (Å²) < 4.78 is 2.21. The van der Waals surface area contributed by atoms with Crippen LogP contribution in [0.15, 0.2) is 35.5 Å². The van der Waals surface area contributed by atoms with E-state index >= 15 is 0 Å². The Bertz CT molecular complexity index is 843. The van der Waals surface area contributed by atoms with Crippen molar-refractivity contribution in [2.24, 2.45) is 0 Å². The number of likely N-dealkylation sites (tertiary alicyclic amines) is 1. The molecule has 31 heavy (non-hydrogen) atoms. The van der Waals surface area contributed by atoms with Gasteiger partial charge in [0.2, 0.25) is 5.91 Å². The summed E-state index contributed by atoms with van der Waals surface area (Å²) in [6.07, 6.45) is 8.53. The fourth-order valence-electron chi connectivity index (χ4n) is 4.73. The lowest BCUT2D eigenvalue weighted by molar-refractivity contribution is -0.131. The maximum atomic E-state index is 13.1. The SMILES string of the molecule is CC(Sc1nnc(CN2CCCC2)n1Cc1ccccc1)C(=O)N(C)C1CCCCC1. The molecule has 0 radical (unpaired) electrons. The van der Waals surface area contributed by atoms with Gasteiger partial charge >= 0.3 is 0 Å². The maximum Gasteiger partial charge on any atom is 0.235 e. The molecule has 1 unspecified atom stereocenters. The van der Waals surface area contributed by atoms with Crippen molar-refractivity contribution in [3.63, 3.8) is 0 Å². The Morgan fingerprint density at radius 2 is 1.77 bits per heavy atom. The zero-order chi connectivity index (χ0) is 21.6. The fourth-order valence-corrected chi connectivity index (χ4v) is 5.70. The van der Waals surface area contributed by atoms with Gasteiger partial charge in [-0.3, -0.25) is 9.69 Å². The van der Waals surface area contributed by atoms with Gasteiger partial charge in [0.05, 0.1) is 18.3 Å². The van der Waals surface area contributed by atoms with Gasteiger partial charge in [-0.1, -0.05) is 61.4 Å². The van der Waals surface area contributed by atoms with E-state index in [1.165, 1.54) is 37.7 Å². The van der Waals surface area contributed by atoms with E-state index in [2.05, 4.69) is 43.9 Å². The van der Waals surface area contributed by atoms with Crippen LogP contribution in [0.4, 0.5) is 0 Å². The van der Waals surface area contributed by atoms with E-state index in [1.807, 2.05) is 24.9 Å². The smallest absolute Gasteiger partial charge is 0.235 e. The Labute approximate surface area is 190 Å². The van der Waals surface area contributed by atoms with E-state index in [9.17, 15) is 4.79 Å². The highest BCUT2D eigenvalue weighted by atomic mass is 32.2. The third-order valence-electron chi connectivity index (χ3n) is 6.64. The minimum Gasteiger partial charge on any atom is -0.342 e. The molecule has 6 nitrogen and oxygen atoms in total. The summed E-state index contributed by atoms with van der Waals surface area (Å²) in [5.74, 6) is 1.20. The maximum absolute atomic E-state index is 13.1. The Morgan fingerprint density at radius 3 is 2.48 bits per heavy atom. The Morgan fingerprint density at radius 1 is 1.06 bits per heavy atom. The predicted molar refractivity (Wildman–Crippen MR) is 125 cm³/mol. The molecule has 0 spiro atoms. The van der Waals surface area contributed by atoms with Crippen molar-refractivity contribution in [3.05, 3.63) is 41.7 Å². The van der Waals surface area contributed by atoms with E-state index in [0.717, 1.165) is 50.0 Å². The van der Waals surface area contributed by atoms with E-state index < -0.39 is 0 Å². The summed E-state index contributed by atoms with van der Waals surface area (Å²) >= 11 is 1.55. The molecular formula is C24H35N5OS. The molecule has 1 aliphatic carbocycles. The van der Waals surface area contributed by atoms with Crippen LogP contribution < -0.4 is 0 Å². The summed E-state index contributed by atoms with van der Waals surface area (Å²) in [4.78, 5) is 17.6. The third-order valence-corrected chi connectivity index (χ3v) is 7.71. The second kappa shape index (κ2) is 10.6. The molecule has 4 rings (SSSR count). The zero-order valence-corrected chi connectivity index (χ0v) is 19.7. The van der Waals surface area contributed by atoms with Gasteiger partial charge in [0.1, 0.15) is 5.82 Å². The van der Waals surface area contributed by atoms with Gasteiger partial charge in [-0.15, -0.1) is 10.2 Å². The molecule has 2 aromatic rings. The summed E-state index contributed by atoms with van der Waals surface area (Å²) in [5, 5.41) is 9.74. The number of nitrogens with zero attached hydrogens (tertiary/aromatic N) is 5. The summed E-state index contributed by atoms with van der Waals surface area (Å²) in [5.41, 5.74) is 1.23. The molecule has 2 aliphatic rings. The number of carbonyl (C=O) groups is 1. The molecule has 1 aromatic carbocycles. The molecule has 7 heteroatoms. The topological polar surface area (TPSA) is 54.3 Å². The highest BCUT2D eigenvalue weighted by molar-refractivity contribution is 8.00. The Balaban J connectivity index is 1.49. The first-order chi connectivity index (χ1) is 15.1. The number of aromatic nitrogens is 3. The first-order valence-electron chi connectivity index (χ1n) is 11.7. The van der Waals surface area contributed by atoms with Crippen LogP contribution in [0.3, 0.4) is 0 Å². The average molecular weight is 442 g/mol. The van der Waals surface area contributed by atoms with Crippen molar-refractivity contribution < 1.29 is 4.79 Å². The van der Waals surface area contributed by atoms with Crippen molar-refractivity contribution in [2.45, 2.75) is 81.4 Å². The molecule has 1 saturated heterocycles. The van der Waals surface area contributed by atoms with Crippen LogP contribution in [0.2, 0.25) is 0 Å². The van der Waals surface area contributed by atoms with Crippen molar-refractivity contribution in [1.82, 2.24) is 24.6 Å². The van der Waals surface area contributed by atoms with Gasteiger partial charge in [-0.2, -0.15) is 0 Å². The van der Waals surface area contributed by atoms with Crippen LogP contribution in [0.5, 0.6) is 0 Å². The lowest BCUT2D eigenvalue weighted by atomic mass is 9.94. The monoisotopic (exact) mass is 441 g/mol. The van der Waals surface area contributed by atoms with Gasteiger partial charge < -0.3 is 9.47 Å². The lowest BCUT2D eigenvalue weighted by Crippen LogP contribution is -2.42. The standard InChI is InChI=1S/C24H35N5OS/c1-19(23(30)27(2)21-13-7-4-8-14-21)31-24-26-25-22(18-28-15-9-10-16-28)29(24)17-20-11-5-3-6-12-20/h3,5-6,11-12,19,21H,4,7-10,13-18H2,1-2H3. The molecule has 168 valence electrons. The third kappa shape index (κ3) is 5.69. The molecule has 1 aromatic heterocycles. The molecule has 2 heterocycles. The van der Waals surface area contributed by atoms with E-state index in [-0.39, 0.29) is 11.2 Å². The zero-order valence-electron chi connectivity index (χ0n) is 18.9. The number of amides is 1. The molecule has 2 fully saturated rings. The van der Waals surface area contributed by atoms with Crippen LogP contribution >= 0.6 is 11.8 Å². The van der Waals surface area contributed by atoms with Crippen LogP contribution in [0.1, 0.15) is 63.3 Å². The van der Waals surface area contributed by atoms with Crippen molar-refractivity contribution in [3.8, 4) is 0 Å². The van der Waals surface area contributed by atoms with Crippen molar-refractivity contribution in [2.75, 3.05) is 20.1 Å². The number of carbonyl (C=O) groups excluding carboxylic acids is 1. The number of hydrogen-bond acceptors (Lipinski definition) is 5. The van der Waals surface area contributed by atoms with Crippen molar-refractivity contribution in [1.29, 1.82) is 0 Å². The Kier molecular flexibility index (Phi) is 7.67. The average Bonchev–Trinajstić information content (AvgIpc) is 3.45. The normalized spacial score (nSPS) is 18.9. The second-order valence-electron chi connectivity index (χ2n) is 8.95. The van der Waals surface area contributed by atoms with Gasteiger partial charge in [-0.05, 0) is 51.3 Å². The Hall–Kier alpha value is -1.86. The summed E-state index contributed by atoms with van der Waals surface area (Å²) in [6, 6.07) is 10.8. The number of hydrogen-bond donors (Lipinski definition) is 0. The highest BCUT2D eigenvalue weighted by Gasteiger charge is 2.28. The van der Waals surface area contributed by atoms with E-state index in [1.54, 1.807) is 11.8 Å². The molecule has 1 atom stereocenters.